The summed E-state index contributed by atoms with van der Waals surface area (Å²) >= 11 is 3.87. The zero-order valence-corrected chi connectivity index (χ0v) is 25.3. The van der Waals surface area contributed by atoms with Gasteiger partial charge in [0.25, 0.3) is 0 Å². The Labute approximate surface area is 245 Å². The monoisotopic (exact) mass is 604 g/mol. The Kier molecular flexibility index (Phi) is 8.40. The van der Waals surface area contributed by atoms with Crippen LogP contribution in [0.2, 0.25) is 0 Å². The third-order valence-corrected chi connectivity index (χ3v) is 8.02. The van der Waals surface area contributed by atoms with Gasteiger partial charge in [0.1, 0.15) is 23.7 Å². The minimum atomic E-state index is -0.491. The molecule has 3 aromatic rings. The van der Waals surface area contributed by atoms with Crippen molar-refractivity contribution in [1.29, 1.82) is 0 Å². The molecular weight excluding hydrogens is 568 g/mol. The highest BCUT2D eigenvalue weighted by molar-refractivity contribution is 9.11. The maximum atomic E-state index is 12.5. The lowest BCUT2D eigenvalue weighted by molar-refractivity contribution is 0.0240. The summed E-state index contributed by atoms with van der Waals surface area (Å²) in [5.74, 6) is 1.71. The molecule has 7 heteroatoms. The van der Waals surface area contributed by atoms with E-state index in [0.29, 0.717) is 19.7 Å². The predicted octanol–water partition coefficient (Wildman–Crippen LogP) is 7.43. The summed E-state index contributed by atoms with van der Waals surface area (Å²) in [5.41, 5.74) is 6.43. The molecule has 1 amide bonds. The third kappa shape index (κ3) is 6.47. The van der Waals surface area contributed by atoms with Gasteiger partial charge in [-0.25, -0.2) is 4.79 Å². The smallest absolute Gasteiger partial charge is 0.410 e. The Balaban J connectivity index is 1.32. The largest absolute Gasteiger partial charge is 0.496 e. The van der Waals surface area contributed by atoms with Gasteiger partial charge in [0.2, 0.25) is 0 Å². The molecule has 0 bridgehead atoms. The first-order valence-corrected chi connectivity index (χ1v) is 14.6. The highest BCUT2D eigenvalue weighted by Gasteiger charge is 2.27. The predicted molar refractivity (Wildman–Crippen MR) is 163 cm³/mol. The van der Waals surface area contributed by atoms with E-state index in [2.05, 4.69) is 69.4 Å². The van der Waals surface area contributed by atoms with Crippen LogP contribution in [0.1, 0.15) is 49.4 Å². The summed E-state index contributed by atoms with van der Waals surface area (Å²) in [6, 6.07) is 23.0. The number of allylic oxidation sites excluding steroid dienone is 1. The normalized spacial score (nSPS) is 15.5. The first-order chi connectivity index (χ1) is 19.2. The van der Waals surface area contributed by atoms with E-state index in [1.807, 2.05) is 39.0 Å². The van der Waals surface area contributed by atoms with E-state index in [4.69, 9.17) is 14.2 Å². The van der Waals surface area contributed by atoms with E-state index in [-0.39, 0.29) is 6.09 Å². The summed E-state index contributed by atoms with van der Waals surface area (Å²) in [5, 5.41) is 0. The molecule has 2 aliphatic rings. The number of halogens is 1. The van der Waals surface area contributed by atoms with Gasteiger partial charge in [-0.15, -0.1) is 0 Å². The van der Waals surface area contributed by atoms with E-state index in [1.54, 1.807) is 12.0 Å². The lowest BCUT2D eigenvalue weighted by Crippen LogP contribution is -2.50. The molecule has 210 valence electrons. The number of piperazine rings is 1. The molecule has 1 aliphatic heterocycles. The molecule has 0 unspecified atom stereocenters. The summed E-state index contributed by atoms with van der Waals surface area (Å²) in [4.78, 5) is 16.6. The highest BCUT2D eigenvalue weighted by Crippen LogP contribution is 2.43. The van der Waals surface area contributed by atoms with Gasteiger partial charge >= 0.3 is 6.09 Å². The molecule has 0 saturated carbocycles. The third-order valence-electron chi connectivity index (χ3n) is 7.23. The molecule has 40 heavy (non-hydrogen) atoms. The van der Waals surface area contributed by atoms with Crippen LogP contribution in [0.5, 0.6) is 11.5 Å². The fraction of sp³-hybridized carbons (Fsp3) is 0.364. The van der Waals surface area contributed by atoms with E-state index in [9.17, 15) is 4.79 Å². The number of fused-ring (bicyclic) bond motifs is 1. The fourth-order valence-electron chi connectivity index (χ4n) is 5.22. The zero-order chi connectivity index (χ0) is 28.3. The number of anilines is 1. The molecule has 0 spiro atoms. The van der Waals surface area contributed by atoms with Gasteiger partial charge in [-0.1, -0.05) is 52.3 Å². The van der Waals surface area contributed by atoms with Gasteiger partial charge in [0.05, 0.1) is 7.11 Å². The topological polar surface area (TPSA) is 51.2 Å². The molecule has 1 aliphatic carbocycles. The van der Waals surface area contributed by atoms with Crippen LogP contribution < -0.4 is 14.4 Å². The van der Waals surface area contributed by atoms with Gasteiger partial charge in [-0.05, 0) is 74.6 Å². The van der Waals surface area contributed by atoms with Crippen LogP contribution in [-0.2, 0) is 17.8 Å². The Morgan fingerprint density at radius 2 is 1.62 bits per heavy atom. The molecule has 6 nitrogen and oxygen atoms in total. The van der Waals surface area contributed by atoms with Gasteiger partial charge in [0, 0.05) is 53.6 Å². The quantitative estimate of drug-likeness (QED) is 0.293. The van der Waals surface area contributed by atoms with Gasteiger partial charge < -0.3 is 24.0 Å². The Hall–Kier alpha value is -3.45. The molecule has 0 aromatic heterocycles. The number of carbonyl (C=O) groups is 1. The van der Waals surface area contributed by atoms with Crippen molar-refractivity contribution in [2.24, 2.45) is 0 Å². The zero-order valence-electron chi connectivity index (χ0n) is 23.7. The van der Waals surface area contributed by atoms with Crippen molar-refractivity contribution in [2.45, 2.75) is 45.8 Å². The van der Waals surface area contributed by atoms with Crippen molar-refractivity contribution in [3.63, 3.8) is 0 Å². The average Bonchev–Trinajstić information content (AvgIpc) is 2.95. The second-order valence-corrected chi connectivity index (χ2v) is 12.2. The Morgan fingerprint density at radius 1 is 0.900 bits per heavy atom. The van der Waals surface area contributed by atoms with Crippen molar-refractivity contribution in [3.8, 4) is 11.5 Å². The number of benzene rings is 3. The molecule has 1 fully saturated rings. The van der Waals surface area contributed by atoms with Crippen LogP contribution in [0.3, 0.4) is 0 Å². The average molecular weight is 606 g/mol. The number of hydrogen-bond acceptors (Lipinski definition) is 5. The number of nitrogens with zero attached hydrogens (tertiary/aromatic N) is 2. The molecule has 1 saturated heterocycles. The first-order valence-electron chi connectivity index (χ1n) is 13.8. The van der Waals surface area contributed by atoms with E-state index in [0.717, 1.165) is 59.8 Å². The van der Waals surface area contributed by atoms with Gasteiger partial charge in [0.15, 0.2) is 0 Å². The standard InChI is InChI=1S/C33H37BrN2O4/c1-33(2,3)40-32(37)36-18-16-35(17-19-36)25-11-13-28(30(21-25)38-4)31-27-14-12-26(20-24(27)10-15-29(31)34)39-22-23-8-6-5-7-9-23/h5-9,11-14,20-21H,10,15-19,22H2,1-4H3. The van der Waals surface area contributed by atoms with Crippen LogP contribution in [0.15, 0.2) is 71.2 Å². The first kappa shape index (κ1) is 28.1. The Morgan fingerprint density at radius 3 is 2.33 bits per heavy atom. The van der Waals surface area contributed by atoms with Crippen LogP contribution in [0.4, 0.5) is 10.5 Å². The van der Waals surface area contributed by atoms with Gasteiger partial charge in [-0.3, -0.25) is 0 Å². The number of aryl methyl sites for hydroxylation is 1. The van der Waals surface area contributed by atoms with E-state index >= 15 is 0 Å². The molecule has 1 heterocycles. The molecule has 0 radical (unpaired) electrons. The summed E-state index contributed by atoms with van der Waals surface area (Å²) in [7, 11) is 1.72. The molecule has 0 atom stereocenters. The van der Waals surface area contributed by atoms with Crippen LogP contribution in [0, 0.1) is 0 Å². The lowest BCUT2D eigenvalue weighted by atomic mass is 9.86. The van der Waals surface area contributed by atoms with Crippen LogP contribution in [-0.4, -0.2) is 49.9 Å². The summed E-state index contributed by atoms with van der Waals surface area (Å²) < 4.78 is 18.8. The number of rotatable bonds is 6. The molecule has 3 aromatic carbocycles. The summed E-state index contributed by atoms with van der Waals surface area (Å²) in [6.07, 6.45) is 1.62. The fourth-order valence-corrected chi connectivity index (χ4v) is 5.84. The number of hydrogen-bond donors (Lipinski definition) is 0. The second kappa shape index (κ2) is 12.0. The van der Waals surface area contributed by atoms with Gasteiger partial charge in [-0.2, -0.15) is 0 Å². The van der Waals surface area contributed by atoms with E-state index in [1.165, 1.54) is 15.6 Å². The SMILES string of the molecule is COc1cc(N2CCN(C(=O)OC(C)(C)C)CC2)ccc1C1=C(Br)CCc2cc(OCc3ccccc3)ccc21. The van der Waals surface area contributed by atoms with Crippen molar-refractivity contribution in [3.05, 3.63) is 93.5 Å². The maximum Gasteiger partial charge on any atom is 0.410 e. The number of methoxy groups -OCH3 is 1. The van der Waals surface area contributed by atoms with Crippen molar-refractivity contribution in [2.75, 3.05) is 38.2 Å². The molecule has 5 rings (SSSR count). The van der Waals surface area contributed by atoms with Crippen molar-refractivity contribution in [1.82, 2.24) is 4.90 Å². The van der Waals surface area contributed by atoms with Crippen LogP contribution >= 0.6 is 15.9 Å². The number of amides is 1. The summed E-state index contributed by atoms with van der Waals surface area (Å²) in [6.45, 7) is 8.96. The maximum absolute atomic E-state index is 12.5. The minimum Gasteiger partial charge on any atom is -0.496 e. The molecule has 0 N–H and O–H groups in total. The number of ether oxygens (including phenoxy) is 3. The van der Waals surface area contributed by atoms with Crippen molar-refractivity contribution >= 4 is 33.3 Å². The Bertz CT molecular complexity index is 1390. The molecular formula is C33H37BrN2O4. The van der Waals surface area contributed by atoms with Crippen LogP contribution in [0.25, 0.3) is 5.57 Å². The second-order valence-electron chi connectivity index (χ2n) is 11.2. The lowest BCUT2D eigenvalue weighted by Gasteiger charge is -2.37. The highest BCUT2D eigenvalue weighted by atomic mass is 79.9. The van der Waals surface area contributed by atoms with Crippen molar-refractivity contribution < 1.29 is 19.0 Å². The van der Waals surface area contributed by atoms with E-state index < -0.39 is 5.60 Å². The minimum absolute atomic E-state index is 0.249. The number of carbonyl (C=O) groups excluding carboxylic acids is 1.